The molecule has 0 radical (unpaired) electrons. The Balaban J connectivity index is 1.76. The van der Waals surface area contributed by atoms with Gasteiger partial charge in [-0.15, -0.1) is 5.10 Å². The van der Waals surface area contributed by atoms with Gasteiger partial charge < -0.3 is 0 Å². The van der Waals surface area contributed by atoms with Crippen molar-refractivity contribution in [3.8, 4) is 0 Å². The van der Waals surface area contributed by atoms with Crippen molar-refractivity contribution in [3.63, 3.8) is 0 Å². The van der Waals surface area contributed by atoms with E-state index in [4.69, 9.17) is 0 Å². The van der Waals surface area contributed by atoms with Gasteiger partial charge in [-0.25, -0.2) is 18.4 Å². The molecule has 7 heteroatoms. The lowest BCUT2D eigenvalue weighted by Gasteiger charge is -2.14. The van der Waals surface area contributed by atoms with Gasteiger partial charge >= 0.3 is 5.92 Å². The van der Waals surface area contributed by atoms with E-state index >= 15 is 0 Å². The Labute approximate surface area is 124 Å². The monoisotopic (exact) mass is 311 g/mol. The van der Waals surface area contributed by atoms with E-state index in [1.54, 1.807) is 6.07 Å². The van der Waals surface area contributed by atoms with Gasteiger partial charge in [-0.3, -0.25) is 0 Å². The molecule has 0 saturated heterocycles. The minimum atomic E-state index is -3.14. The fourth-order valence-electron chi connectivity index (χ4n) is 2.95. The zero-order valence-electron chi connectivity index (χ0n) is 11.5. The van der Waals surface area contributed by atoms with Crippen LogP contribution in [0.3, 0.4) is 0 Å². The van der Waals surface area contributed by atoms with Crippen molar-refractivity contribution < 1.29 is 17.6 Å². The summed E-state index contributed by atoms with van der Waals surface area (Å²) >= 11 is 0. The predicted molar refractivity (Wildman–Crippen MR) is 69.6 cm³/mol. The molecule has 2 aliphatic rings. The molecule has 0 N–H and O–H groups in total. The molecule has 1 aliphatic heterocycles. The van der Waals surface area contributed by atoms with Crippen molar-refractivity contribution in [1.82, 2.24) is 14.8 Å². The lowest BCUT2D eigenvalue weighted by atomic mass is 10.0. The summed E-state index contributed by atoms with van der Waals surface area (Å²) < 4.78 is 57.3. The zero-order chi connectivity index (χ0) is 15.5. The molecule has 0 spiro atoms. The van der Waals surface area contributed by atoms with Crippen LogP contribution in [0.25, 0.3) is 0 Å². The first kappa shape index (κ1) is 13.7. The molecule has 116 valence electrons. The Morgan fingerprint density at radius 3 is 2.59 bits per heavy atom. The Bertz CT molecular complexity index is 723. The quantitative estimate of drug-likeness (QED) is 0.804. The zero-order valence-corrected chi connectivity index (χ0v) is 11.5. The highest BCUT2D eigenvalue weighted by molar-refractivity contribution is 5.25. The first-order chi connectivity index (χ1) is 10.5. The molecule has 0 amide bonds. The van der Waals surface area contributed by atoms with Gasteiger partial charge in [0.25, 0.3) is 0 Å². The van der Waals surface area contributed by atoms with Gasteiger partial charge in [0.05, 0.1) is 6.04 Å². The lowest BCUT2D eigenvalue weighted by molar-refractivity contribution is -0.0378. The maximum atomic E-state index is 14.1. The first-order valence-electron chi connectivity index (χ1n) is 7.21. The number of alkyl halides is 3. The summed E-state index contributed by atoms with van der Waals surface area (Å²) in [5.74, 6) is -5.19. The molecule has 2 unspecified atom stereocenters. The molecule has 4 rings (SSSR count). The Morgan fingerprint density at radius 2 is 1.91 bits per heavy atom. The molecular weight excluding hydrogens is 298 g/mol. The average Bonchev–Trinajstić information content (AvgIpc) is 3.17. The Hall–Kier alpha value is -1.92. The summed E-state index contributed by atoms with van der Waals surface area (Å²) in [4.78, 5) is 3.71. The Morgan fingerprint density at radius 1 is 1.18 bits per heavy atom. The third kappa shape index (κ3) is 1.94. The maximum Gasteiger partial charge on any atom is 0.311 e. The van der Waals surface area contributed by atoms with E-state index in [-0.39, 0.29) is 17.8 Å². The average molecular weight is 311 g/mol. The van der Waals surface area contributed by atoms with Crippen LogP contribution in [0.2, 0.25) is 0 Å². The standard InChI is InChI=1S/C15H13F4N3/c16-10-4-2-1-3-9(10)12-7-11(17)13-20-14(21-22(12)13)15(18,19)8-5-6-8/h1-4,8,11-12H,5-7H2. The fraction of sp³-hybridized carbons (Fsp3) is 0.467. The highest BCUT2D eigenvalue weighted by Gasteiger charge is 2.52. The number of nitrogens with zero attached hydrogens (tertiary/aromatic N) is 3. The highest BCUT2D eigenvalue weighted by Crippen LogP contribution is 2.50. The number of halogens is 4. The minimum absolute atomic E-state index is 0.0362. The largest absolute Gasteiger partial charge is 0.311 e. The van der Waals surface area contributed by atoms with Crippen molar-refractivity contribution in [2.45, 2.75) is 37.4 Å². The van der Waals surface area contributed by atoms with E-state index in [1.165, 1.54) is 18.2 Å². The van der Waals surface area contributed by atoms with Gasteiger partial charge in [0.1, 0.15) is 5.82 Å². The number of benzene rings is 1. The number of hydrogen-bond acceptors (Lipinski definition) is 2. The highest BCUT2D eigenvalue weighted by atomic mass is 19.3. The molecule has 1 aliphatic carbocycles. The minimum Gasteiger partial charge on any atom is -0.239 e. The molecule has 2 atom stereocenters. The topological polar surface area (TPSA) is 30.7 Å². The van der Waals surface area contributed by atoms with Crippen LogP contribution in [0.1, 0.15) is 48.7 Å². The van der Waals surface area contributed by atoms with Crippen LogP contribution in [-0.4, -0.2) is 14.8 Å². The third-order valence-electron chi connectivity index (χ3n) is 4.32. The second kappa shape index (κ2) is 4.54. The van der Waals surface area contributed by atoms with Crippen LogP contribution in [-0.2, 0) is 5.92 Å². The summed E-state index contributed by atoms with van der Waals surface area (Å²) in [7, 11) is 0. The van der Waals surface area contributed by atoms with E-state index in [9.17, 15) is 17.6 Å². The van der Waals surface area contributed by atoms with Gasteiger partial charge in [0.15, 0.2) is 12.0 Å². The van der Waals surface area contributed by atoms with E-state index < -0.39 is 35.7 Å². The second-order valence-corrected chi connectivity index (χ2v) is 5.88. The second-order valence-electron chi connectivity index (χ2n) is 5.88. The smallest absolute Gasteiger partial charge is 0.239 e. The summed E-state index contributed by atoms with van der Waals surface area (Å²) in [5.41, 5.74) is 0.245. The van der Waals surface area contributed by atoms with E-state index in [0.29, 0.717) is 12.8 Å². The predicted octanol–water partition coefficient (Wildman–Crippen LogP) is 3.92. The molecule has 22 heavy (non-hydrogen) atoms. The summed E-state index contributed by atoms with van der Waals surface area (Å²) in [6, 6.07) is 5.19. The number of hydrogen-bond donors (Lipinski definition) is 0. The van der Waals surface area contributed by atoms with Crippen LogP contribution in [0.4, 0.5) is 17.6 Å². The molecule has 1 aromatic heterocycles. The molecular formula is C15H13F4N3. The van der Waals surface area contributed by atoms with Crippen LogP contribution in [0.5, 0.6) is 0 Å². The van der Waals surface area contributed by atoms with Gasteiger partial charge in [-0.2, -0.15) is 8.78 Å². The van der Waals surface area contributed by atoms with Crippen molar-refractivity contribution in [2.75, 3.05) is 0 Å². The molecule has 1 saturated carbocycles. The van der Waals surface area contributed by atoms with E-state index in [1.807, 2.05) is 0 Å². The van der Waals surface area contributed by atoms with Gasteiger partial charge in [0.2, 0.25) is 5.82 Å². The Kier molecular flexibility index (Phi) is 2.83. The number of rotatable bonds is 3. The number of aromatic nitrogens is 3. The molecule has 1 aromatic carbocycles. The van der Waals surface area contributed by atoms with Crippen LogP contribution in [0, 0.1) is 11.7 Å². The van der Waals surface area contributed by atoms with E-state index in [2.05, 4.69) is 10.1 Å². The first-order valence-corrected chi connectivity index (χ1v) is 7.21. The molecule has 1 fully saturated rings. The van der Waals surface area contributed by atoms with Crippen molar-refractivity contribution in [3.05, 3.63) is 47.3 Å². The molecule has 2 heterocycles. The normalized spacial score (nSPS) is 24.5. The third-order valence-corrected chi connectivity index (χ3v) is 4.32. The summed E-state index contributed by atoms with van der Waals surface area (Å²) in [6.07, 6.45) is -0.703. The lowest BCUT2D eigenvalue weighted by Crippen LogP contribution is -2.19. The molecule has 3 nitrogen and oxygen atoms in total. The van der Waals surface area contributed by atoms with Crippen LogP contribution in [0.15, 0.2) is 24.3 Å². The van der Waals surface area contributed by atoms with Crippen molar-refractivity contribution in [1.29, 1.82) is 0 Å². The van der Waals surface area contributed by atoms with Crippen LogP contribution >= 0.6 is 0 Å². The van der Waals surface area contributed by atoms with Gasteiger partial charge in [0, 0.05) is 17.9 Å². The molecule has 2 aromatic rings. The van der Waals surface area contributed by atoms with E-state index in [0.717, 1.165) is 4.68 Å². The van der Waals surface area contributed by atoms with Gasteiger partial charge in [-0.05, 0) is 18.9 Å². The van der Waals surface area contributed by atoms with Crippen molar-refractivity contribution in [2.24, 2.45) is 5.92 Å². The molecule has 0 bridgehead atoms. The van der Waals surface area contributed by atoms with Crippen molar-refractivity contribution >= 4 is 0 Å². The number of fused-ring (bicyclic) bond motifs is 1. The SMILES string of the molecule is Fc1ccccc1C1CC(F)c2nc(C(F)(F)C3CC3)nn21. The maximum absolute atomic E-state index is 14.1. The summed E-state index contributed by atoms with van der Waals surface area (Å²) in [5, 5.41) is 3.82. The summed E-state index contributed by atoms with van der Waals surface area (Å²) in [6.45, 7) is 0. The van der Waals surface area contributed by atoms with Gasteiger partial charge in [-0.1, -0.05) is 18.2 Å². The van der Waals surface area contributed by atoms with Crippen LogP contribution < -0.4 is 0 Å². The fourth-order valence-corrected chi connectivity index (χ4v) is 2.95.